The van der Waals surface area contributed by atoms with Crippen molar-refractivity contribution >= 4 is 9.24 Å². The van der Waals surface area contributed by atoms with Gasteiger partial charge in [0.2, 0.25) is 0 Å². The zero-order valence-electron chi connectivity index (χ0n) is 8.86. The van der Waals surface area contributed by atoms with Crippen molar-refractivity contribution in [2.24, 2.45) is 11.3 Å². The predicted molar refractivity (Wildman–Crippen MR) is 57.0 cm³/mol. The molecule has 0 heterocycles. The van der Waals surface area contributed by atoms with Crippen LogP contribution in [-0.4, -0.2) is 5.16 Å². The lowest BCUT2D eigenvalue weighted by Crippen LogP contribution is -2.25. The highest BCUT2D eigenvalue weighted by Crippen LogP contribution is 2.35. The van der Waals surface area contributed by atoms with Gasteiger partial charge in [0.25, 0.3) is 0 Å². The van der Waals surface area contributed by atoms with E-state index in [1.165, 1.54) is 6.42 Å². The maximum atomic E-state index is 2.93. The maximum Gasteiger partial charge on any atom is -0.0181 e. The summed E-state index contributed by atoms with van der Waals surface area (Å²) in [7, 11) is 2.93. The molecular formula is C10H23P. The highest BCUT2D eigenvalue weighted by atomic mass is 31.0. The molecule has 0 nitrogen and oxygen atoms in total. The van der Waals surface area contributed by atoms with E-state index < -0.39 is 0 Å². The molecule has 0 rings (SSSR count). The van der Waals surface area contributed by atoms with Gasteiger partial charge in [-0.1, -0.05) is 41.5 Å². The van der Waals surface area contributed by atoms with E-state index in [1.807, 2.05) is 0 Å². The molecule has 0 aliphatic rings. The molecule has 0 bridgehead atoms. The molecule has 0 aliphatic carbocycles. The average Bonchev–Trinajstić information content (AvgIpc) is 1.56. The molecule has 0 aromatic rings. The molecular weight excluding hydrogens is 151 g/mol. The third-order valence-corrected chi connectivity index (χ3v) is 2.76. The molecule has 0 spiro atoms. The van der Waals surface area contributed by atoms with Crippen LogP contribution in [0.2, 0.25) is 0 Å². The van der Waals surface area contributed by atoms with E-state index in [4.69, 9.17) is 0 Å². The lowest BCUT2D eigenvalue weighted by molar-refractivity contribution is 0.275. The summed E-state index contributed by atoms with van der Waals surface area (Å²) in [5.74, 6) is 0.771. The van der Waals surface area contributed by atoms with E-state index in [-0.39, 0.29) is 0 Å². The average molecular weight is 174 g/mol. The Balaban J connectivity index is 3.99. The van der Waals surface area contributed by atoms with Gasteiger partial charge in [0.15, 0.2) is 0 Å². The van der Waals surface area contributed by atoms with Crippen LogP contribution in [0.1, 0.15) is 48.0 Å². The molecule has 0 saturated carbocycles. The maximum absolute atomic E-state index is 2.93. The van der Waals surface area contributed by atoms with Gasteiger partial charge in [0.05, 0.1) is 0 Å². The van der Waals surface area contributed by atoms with Gasteiger partial charge in [0.1, 0.15) is 0 Å². The highest BCUT2D eigenvalue weighted by molar-refractivity contribution is 7.18. The van der Waals surface area contributed by atoms with E-state index in [2.05, 4.69) is 50.8 Å². The summed E-state index contributed by atoms with van der Waals surface area (Å²) in [6.07, 6.45) is 1.30. The number of rotatable bonds is 2. The van der Waals surface area contributed by atoms with Crippen LogP contribution in [0.4, 0.5) is 0 Å². The summed E-state index contributed by atoms with van der Waals surface area (Å²) in [6, 6.07) is 0. The molecule has 0 aromatic heterocycles. The van der Waals surface area contributed by atoms with Crippen molar-refractivity contribution in [2.45, 2.75) is 53.1 Å². The summed E-state index contributed by atoms with van der Waals surface area (Å²) < 4.78 is 0. The molecule has 2 atom stereocenters. The van der Waals surface area contributed by atoms with Crippen LogP contribution in [0.5, 0.6) is 0 Å². The fourth-order valence-corrected chi connectivity index (χ4v) is 1.30. The topological polar surface area (TPSA) is 0 Å². The Kier molecular flexibility index (Phi) is 3.57. The molecule has 0 amide bonds. The molecule has 1 heteroatoms. The second-order valence-electron chi connectivity index (χ2n) is 5.49. The smallest absolute Gasteiger partial charge is 0.0181 e. The van der Waals surface area contributed by atoms with Gasteiger partial charge in [-0.3, -0.25) is 0 Å². The van der Waals surface area contributed by atoms with Crippen LogP contribution in [0.25, 0.3) is 0 Å². The summed E-state index contributed by atoms with van der Waals surface area (Å²) >= 11 is 0. The van der Waals surface area contributed by atoms with Crippen molar-refractivity contribution in [3.63, 3.8) is 0 Å². The fraction of sp³-hybridized carbons (Fsp3) is 1.00. The Morgan fingerprint density at radius 2 is 1.45 bits per heavy atom. The third-order valence-electron chi connectivity index (χ3n) is 2.19. The molecule has 0 N–H and O–H groups in total. The lowest BCUT2D eigenvalue weighted by Gasteiger charge is -2.32. The third kappa shape index (κ3) is 5.67. The van der Waals surface area contributed by atoms with Gasteiger partial charge in [0, 0.05) is 0 Å². The van der Waals surface area contributed by atoms with Crippen LogP contribution in [0.3, 0.4) is 0 Å². The van der Waals surface area contributed by atoms with Crippen molar-refractivity contribution in [3.05, 3.63) is 0 Å². The molecule has 0 aromatic carbocycles. The zero-order chi connectivity index (χ0) is 9.28. The van der Waals surface area contributed by atoms with E-state index in [9.17, 15) is 0 Å². The van der Waals surface area contributed by atoms with E-state index >= 15 is 0 Å². The minimum atomic E-state index is 0.382. The van der Waals surface area contributed by atoms with Crippen LogP contribution in [0.15, 0.2) is 0 Å². The Bertz CT molecular complexity index is 114. The minimum Gasteiger partial charge on any atom is -0.131 e. The van der Waals surface area contributed by atoms with Crippen molar-refractivity contribution in [1.29, 1.82) is 0 Å². The first kappa shape index (κ1) is 11.4. The Morgan fingerprint density at radius 1 is 1.09 bits per heavy atom. The summed E-state index contributed by atoms with van der Waals surface area (Å²) in [5, 5.41) is 0.382. The van der Waals surface area contributed by atoms with Crippen LogP contribution in [-0.2, 0) is 0 Å². The van der Waals surface area contributed by atoms with Crippen molar-refractivity contribution < 1.29 is 0 Å². The largest absolute Gasteiger partial charge is 0.131 e. The summed E-state index contributed by atoms with van der Waals surface area (Å²) in [5.41, 5.74) is 0.466. The summed E-state index contributed by atoms with van der Waals surface area (Å²) in [4.78, 5) is 0. The Labute approximate surface area is 74.4 Å². The molecule has 68 valence electrons. The van der Waals surface area contributed by atoms with E-state index in [1.54, 1.807) is 0 Å². The van der Waals surface area contributed by atoms with Gasteiger partial charge < -0.3 is 0 Å². The Hall–Kier alpha value is 0.430. The molecule has 0 radical (unpaired) electrons. The van der Waals surface area contributed by atoms with E-state index in [0.29, 0.717) is 10.6 Å². The first-order chi connectivity index (χ1) is 4.63. The van der Waals surface area contributed by atoms with Crippen molar-refractivity contribution in [3.8, 4) is 0 Å². The van der Waals surface area contributed by atoms with Gasteiger partial charge in [-0.05, 0) is 22.9 Å². The molecule has 2 unspecified atom stereocenters. The quantitative estimate of drug-likeness (QED) is 0.560. The number of hydrogen-bond acceptors (Lipinski definition) is 0. The molecule has 0 fully saturated rings. The van der Waals surface area contributed by atoms with E-state index in [0.717, 1.165) is 5.92 Å². The normalized spacial score (nSPS) is 16.6. The fourth-order valence-electron chi connectivity index (χ4n) is 1.18. The monoisotopic (exact) mass is 174 g/mol. The molecule has 0 saturated heterocycles. The van der Waals surface area contributed by atoms with Gasteiger partial charge in [-0.25, -0.2) is 0 Å². The van der Waals surface area contributed by atoms with Gasteiger partial charge in [-0.2, -0.15) is 0 Å². The second-order valence-corrected chi connectivity index (χ2v) is 6.98. The van der Waals surface area contributed by atoms with Gasteiger partial charge >= 0.3 is 0 Å². The molecule has 0 aliphatic heterocycles. The van der Waals surface area contributed by atoms with Crippen LogP contribution < -0.4 is 0 Å². The lowest BCUT2D eigenvalue weighted by atomic mass is 9.80. The van der Waals surface area contributed by atoms with Crippen molar-refractivity contribution in [2.75, 3.05) is 0 Å². The number of hydrogen-bond donors (Lipinski definition) is 0. The standard InChI is InChI=1S/C10H23P/c1-8(10(5,6)11)7-9(2,3)4/h8H,7,11H2,1-6H3. The highest BCUT2D eigenvalue weighted by Gasteiger charge is 2.24. The van der Waals surface area contributed by atoms with Gasteiger partial charge in [-0.15, -0.1) is 9.24 Å². The SMILES string of the molecule is CC(CC(C)(C)C)C(C)(C)P. The zero-order valence-corrected chi connectivity index (χ0v) is 10.0. The second kappa shape index (κ2) is 3.44. The van der Waals surface area contributed by atoms with Crippen LogP contribution in [0, 0.1) is 11.3 Å². The first-order valence-electron chi connectivity index (χ1n) is 4.42. The summed E-state index contributed by atoms with van der Waals surface area (Å²) in [6.45, 7) is 13.8. The van der Waals surface area contributed by atoms with Crippen molar-refractivity contribution in [1.82, 2.24) is 0 Å². The first-order valence-corrected chi connectivity index (χ1v) is 4.99. The molecule has 11 heavy (non-hydrogen) atoms. The predicted octanol–water partition coefficient (Wildman–Crippen LogP) is 3.71. The van der Waals surface area contributed by atoms with Crippen LogP contribution >= 0.6 is 9.24 Å². The minimum absolute atomic E-state index is 0.382. The Morgan fingerprint density at radius 3 is 1.55 bits per heavy atom.